The second kappa shape index (κ2) is 3.70. The molecule has 1 aliphatic carbocycles. The standard InChI is InChI=1S/C12H18N2/c1-8(2)10-5-4-9-11(13-3)6-7-12(9)14-10/h4-5,8,11,13H,6-7H2,1-3H3. The lowest BCUT2D eigenvalue weighted by atomic mass is 10.1. The fourth-order valence-electron chi connectivity index (χ4n) is 2.10. The van der Waals surface area contributed by atoms with Crippen molar-refractivity contribution in [2.45, 2.75) is 38.6 Å². The highest BCUT2D eigenvalue weighted by Gasteiger charge is 2.22. The highest BCUT2D eigenvalue weighted by molar-refractivity contribution is 5.31. The maximum Gasteiger partial charge on any atom is 0.0455 e. The Bertz CT molecular complexity index is 331. The monoisotopic (exact) mass is 190 g/mol. The predicted octanol–water partition coefficient (Wildman–Crippen LogP) is 2.41. The van der Waals surface area contributed by atoms with Gasteiger partial charge in [0.25, 0.3) is 0 Å². The van der Waals surface area contributed by atoms with E-state index in [0.717, 1.165) is 6.42 Å². The lowest BCUT2D eigenvalue weighted by Crippen LogP contribution is -2.13. The van der Waals surface area contributed by atoms with Gasteiger partial charge in [-0.3, -0.25) is 4.98 Å². The summed E-state index contributed by atoms with van der Waals surface area (Å²) in [5, 5.41) is 3.33. The van der Waals surface area contributed by atoms with Crippen LogP contribution in [0.3, 0.4) is 0 Å². The van der Waals surface area contributed by atoms with Crippen LogP contribution in [0.2, 0.25) is 0 Å². The van der Waals surface area contributed by atoms with Crippen LogP contribution >= 0.6 is 0 Å². The molecule has 0 radical (unpaired) electrons. The van der Waals surface area contributed by atoms with Crippen molar-refractivity contribution in [2.75, 3.05) is 7.05 Å². The lowest BCUT2D eigenvalue weighted by molar-refractivity contribution is 0.590. The van der Waals surface area contributed by atoms with Crippen LogP contribution in [-0.4, -0.2) is 12.0 Å². The molecule has 76 valence electrons. The molecule has 2 rings (SSSR count). The van der Waals surface area contributed by atoms with E-state index in [1.54, 1.807) is 0 Å². The summed E-state index contributed by atoms with van der Waals surface area (Å²) in [7, 11) is 2.02. The maximum atomic E-state index is 4.71. The van der Waals surface area contributed by atoms with Crippen molar-refractivity contribution in [3.63, 3.8) is 0 Å². The second-order valence-electron chi connectivity index (χ2n) is 4.31. The minimum Gasteiger partial charge on any atom is -0.313 e. The zero-order valence-corrected chi connectivity index (χ0v) is 9.17. The van der Waals surface area contributed by atoms with Gasteiger partial charge >= 0.3 is 0 Å². The SMILES string of the molecule is CNC1CCc2nc(C(C)C)ccc21. The lowest BCUT2D eigenvalue weighted by Gasteiger charge is -2.11. The van der Waals surface area contributed by atoms with Gasteiger partial charge < -0.3 is 5.32 Å². The zero-order chi connectivity index (χ0) is 10.1. The zero-order valence-electron chi connectivity index (χ0n) is 9.17. The molecule has 1 aromatic heterocycles. The van der Waals surface area contributed by atoms with E-state index in [4.69, 9.17) is 4.98 Å². The molecule has 1 unspecified atom stereocenters. The largest absolute Gasteiger partial charge is 0.313 e. The van der Waals surface area contributed by atoms with Crippen molar-refractivity contribution in [1.82, 2.24) is 10.3 Å². The number of hydrogen-bond donors (Lipinski definition) is 1. The van der Waals surface area contributed by atoms with Crippen molar-refractivity contribution in [3.8, 4) is 0 Å². The Labute approximate surface area is 85.7 Å². The summed E-state index contributed by atoms with van der Waals surface area (Å²) in [5.74, 6) is 0.536. The van der Waals surface area contributed by atoms with Gasteiger partial charge in [0.1, 0.15) is 0 Å². The normalized spacial score (nSPS) is 20.1. The molecule has 14 heavy (non-hydrogen) atoms. The Hall–Kier alpha value is -0.890. The minimum absolute atomic E-state index is 0.527. The Morgan fingerprint density at radius 3 is 2.86 bits per heavy atom. The molecule has 0 aromatic carbocycles. The Morgan fingerprint density at radius 1 is 1.43 bits per heavy atom. The fraction of sp³-hybridized carbons (Fsp3) is 0.583. The van der Waals surface area contributed by atoms with E-state index in [2.05, 4.69) is 31.3 Å². The van der Waals surface area contributed by atoms with Crippen LogP contribution in [0.1, 0.15) is 49.2 Å². The molecule has 1 aliphatic rings. The Morgan fingerprint density at radius 2 is 2.21 bits per heavy atom. The number of pyridine rings is 1. The summed E-state index contributed by atoms with van der Waals surface area (Å²) < 4.78 is 0. The van der Waals surface area contributed by atoms with Crippen LogP contribution < -0.4 is 5.32 Å². The number of nitrogens with one attached hydrogen (secondary N) is 1. The number of fused-ring (bicyclic) bond motifs is 1. The first-order valence-corrected chi connectivity index (χ1v) is 5.39. The van der Waals surface area contributed by atoms with E-state index in [1.165, 1.54) is 23.4 Å². The first-order valence-electron chi connectivity index (χ1n) is 5.39. The van der Waals surface area contributed by atoms with Crippen molar-refractivity contribution in [3.05, 3.63) is 29.1 Å². The molecule has 0 bridgehead atoms. The molecular weight excluding hydrogens is 172 g/mol. The molecule has 2 heteroatoms. The van der Waals surface area contributed by atoms with Crippen molar-refractivity contribution < 1.29 is 0 Å². The molecule has 0 saturated carbocycles. The van der Waals surface area contributed by atoms with Gasteiger partial charge in [0.2, 0.25) is 0 Å². The van der Waals surface area contributed by atoms with Crippen LogP contribution in [0, 0.1) is 0 Å². The predicted molar refractivity (Wildman–Crippen MR) is 58.4 cm³/mol. The van der Waals surface area contributed by atoms with Gasteiger partial charge in [-0.1, -0.05) is 19.9 Å². The molecule has 2 nitrogen and oxygen atoms in total. The molecule has 1 N–H and O–H groups in total. The number of nitrogens with zero attached hydrogens (tertiary/aromatic N) is 1. The third-order valence-electron chi connectivity index (χ3n) is 3.02. The number of hydrogen-bond acceptors (Lipinski definition) is 2. The molecule has 1 heterocycles. The van der Waals surface area contributed by atoms with Crippen LogP contribution in [0.15, 0.2) is 12.1 Å². The molecule has 0 spiro atoms. The molecule has 0 fully saturated rings. The van der Waals surface area contributed by atoms with Gasteiger partial charge in [0, 0.05) is 17.4 Å². The van der Waals surface area contributed by atoms with E-state index in [-0.39, 0.29) is 0 Å². The summed E-state index contributed by atoms with van der Waals surface area (Å²) in [6.07, 6.45) is 2.32. The van der Waals surface area contributed by atoms with E-state index in [9.17, 15) is 0 Å². The van der Waals surface area contributed by atoms with Crippen molar-refractivity contribution >= 4 is 0 Å². The fourth-order valence-corrected chi connectivity index (χ4v) is 2.10. The second-order valence-corrected chi connectivity index (χ2v) is 4.31. The van der Waals surface area contributed by atoms with E-state index >= 15 is 0 Å². The smallest absolute Gasteiger partial charge is 0.0455 e. The summed E-state index contributed by atoms with van der Waals surface area (Å²) in [6, 6.07) is 4.93. The molecule has 0 amide bonds. The molecule has 0 aliphatic heterocycles. The van der Waals surface area contributed by atoms with Crippen LogP contribution in [0.25, 0.3) is 0 Å². The van der Waals surface area contributed by atoms with Gasteiger partial charge in [0.15, 0.2) is 0 Å². The highest BCUT2D eigenvalue weighted by atomic mass is 14.9. The highest BCUT2D eigenvalue weighted by Crippen LogP contribution is 2.30. The first kappa shape index (κ1) is 9.66. The Balaban J connectivity index is 2.34. The summed E-state index contributed by atoms with van der Waals surface area (Å²) in [5.41, 5.74) is 3.92. The van der Waals surface area contributed by atoms with Crippen molar-refractivity contribution in [2.24, 2.45) is 0 Å². The molecule has 0 saturated heterocycles. The topological polar surface area (TPSA) is 24.9 Å². The third kappa shape index (κ3) is 1.55. The van der Waals surface area contributed by atoms with Gasteiger partial charge in [0.05, 0.1) is 0 Å². The van der Waals surface area contributed by atoms with E-state index in [0.29, 0.717) is 12.0 Å². The van der Waals surface area contributed by atoms with E-state index < -0.39 is 0 Å². The van der Waals surface area contributed by atoms with Crippen LogP contribution in [0.5, 0.6) is 0 Å². The summed E-state index contributed by atoms with van der Waals surface area (Å²) in [6.45, 7) is 4.39. The summed E-state index contributed by atoms with van der Waals surface area (Å²) >= 11 is 0. The average molecular weight is 190 g/mol. The van der Waals surface area contributed by atoms with E-state index in [1.807, 2.05) is 7.05 Å². The molecule has 1 aromatic rings. The summed E-state index contributed by atoms with van der Waals surface area (Å²) in [4.78, 5) is 4.71. The van der Waals surface area contributed by atoms with Crippen LogP contribution in [-0.2, 0) is 6.42 Å². The number of aryl methyl sites for hydroxylation is 1. The number of aromatic nitrogens is 1. The number of rotatable bonds is 2. The Kier molecular flexibility index (Phi) is 2.55. The van der Waals surface area contributed by atoms with Gasteiger partial charge in [-0.05, 0) is 37.4 Å². The van der Waals surface area contributed by atoms with Gasteiger partial charge in [-0.25, -0.2) is 0 Å². The quantitative estimate of drug-likeness (QED) is 0.774. The third-order valence-corrected chi connectivity index (χ3v) is 3.02. The van der Waals surface area contributed by atoms with Crippen LogP contribution in [0.4, 0.5) is 0 Å². The van der Waals surface area contributed by atoms with Gasteiger partial charge in [-0.2, -0.15) is 0 Å². The minimum atomic E-state index is 0.527. The maximum absolute atomic E-state index is 4.71. The molecule has 1 atom stereocenters. The average Bonchev–Trinajstić information content (AvgIpc) is 2.59. The first-order chi connectivity index (χ1) is 6.72. The van der Waals surface area contributed by atoms with Gasteiger partial charge in [-0.15, -0.1) is 0 Å². The molecular formula is C12H18N2. The van der Waals surface area contributed by atoms with Crippen molar-refractivity contribution in [1.29, 1.82) is 0 Å².